The molecule has 28 heavy (non-hydrogen) atoms. The molecular weight excluding hydrogens is 364 g/mol. The maximum Gasteiger partial charge on any atom is 0.344 e. The van der Waals surface area contributed by atoms with Gasteiger partial charge in [-0.25, -0.2) is 4.79 Å². The number of hydrogen-bond donors (Lipinski definition) is 0. The Morgan fingerprint density at radius 2 is 1.82 bits per heavy atom. The largest absolute Gasteiger partial charge is 0.496 e. The lowest BCUT2D eigenvalue weighted by Crippen LogP contribution is -2.14. The highest BCUT2D eigenvalue weighted by Gasteiger charge is 2.14. The highest BCUT2D eigenvalue weighted by Crippen LogP contribution is 2.27. The van der Waals surface area contributed by atoms with Crippen LogP contribution in [-0.4, -0.2) is 35.6 Å². The van der Waals surface area contributed by atoms with Gasteiger partial charge in [0.2, 0.25) is 5.82 Å². The molecule has 0 radical (unpaired) electrons. The lowest BCUT2D eigenvalue weighted by atomic mass is 10.1. The van der Waals surface area contributed by atoms with Crippen LogP contribution in [0.5, 0.6) is 11.5 Å². The van der Waals surface area contributed by atoms with Gasteiger partial charge in [0.1, 0.15) is 11.5 Å². The quantitative estimate of drug-likeness (QED) is 0.433. The molecule has 144 valence electrons. The van der Waals surface area contributed by atoms with Gasteiger partial charge in [0.25, 0.3) is 5.89 Å². The van der Waals surface area contributed by atoms with Crippen molar-refractivity contribution < 1.29 is 28.3 Å². The summed E-state index contributed by atoms with van der Waals surface area (Å²) in [6.07, 6.45) is 0. The SMILES string of the molecule is COc1ccccc1-c1noc(COC(=O)COc2ccc(C(C)=O)cc2)n1. The molecule has 0 bridgehead atoms. The number of para-hydroxylation sites is 1. The smallest absolute Gasteiger partial charge is 0.344 e. The van der Waals surface area contributed by atoms with Gasteiger partial charge in [0.05, 0.1) is 12.7 Å². The number of benzene rings is 2. The van der Waals surface area contributed by atoms with E-state index in [1.54, 1.807) is 43.5 Å². The first-order valence-electron chi connectivity index (χ1n) is 8.42. The number of hydrogen-bond acceptors (Lipinski definition) is 8. The summed E-state index contributed by atoms with van der Waals surface area (Å²) in [5.41, 5.74) is 1.24. The van der Waals surface area contributed by atoms with Crippen LogP contribution in [0.3, 0.4) is 0 Å². The molecule has 1 aromatic heterocycles. The molecule has 0 fully saturated rings. The van der Waals surface area contributed by atoms with Gasteiger partial charge in [-0.15, -0.1) is 0 Å². The molecule has 8 nitrogen and oxygen atoms in total. The van der Waals surface area contributed by atoms with Crippen molar-refractivity contribution in [3.63, 3.8) is 0 Å². The van der Waals surface area contributed by atoms with E-state index < -0.39 is 5.97 Å². The Morgan fingerprint density at radius 1 is 1.07 bits per heavy atom. The van der Waals surface area contributed by atoms with Crippen LogP contribution in [0.4, 0.5) is 0 Å². The van der Waals surface area contributed by atoms with Crippen LogP contribution in [0.15, 0.2) is 53.1 Å². The fourth-order valence-electron chi connectivity index (χ4n) is 2.36. The molecule has 0 aliphatic rings. The Hall–Kier alpha value is -3.68. The lowest BCUT2D eigenvalue weighted by Gasteiger charge is -2.06. The fourth-order valence-corrected chi connectivity index (χ4v) is 2.36. The zero-order valence-electron chi connectivity index (χ0n) is 15.4. The summed E-state index contributed by atoms with van der Waals surface area (Å²) in [7, 11) is 1.55. The summed E-state index contributed by atoms with van der Waals surface area (Å²) in [5.74, 6) is 0.922. The van der Waals surface area contributed by atoms with E-state index in [1.807, 2.05) is 12.1 Å². The Balaban J connectivity index is 1.51. The Kier molecular flexibility index (Phi) is 6.01. The number of esters is 1. The lowest BCUT2D eigenvalue weighted by molar-refractivity contribution is -0.148. The topological polar surface area (TPSA) is 101 Å². The Bertz CT molecular complexity index is 965. The van der Waals surface area contributed by atoms with E-state index in [0.717, 1.165) is 0 Å². The third-order valence-corrected chi connectivity index (χ3v) is 3.79. The minimum Gasteiger partial charge on any atom is -0.496 e. The van der Waals surface area contributed by atoms with Gasteiger partial charge < -0.3 is 18.7 Å². The van der Waals surface area contributed by atoms with Crippen LogP contribution >= 0.6 is 0 Å². The molecule has 0 saturated heterocycles. The molecule has 1 heterocycles. The first kappa shape index (κ1) is 19.1. The fraction of sp³-hybridized carbons (Fsp3) is 0.200. The summed E-state index contributed by atoms with van der Waals surface area (Å²) < 4.78 is 20.8. The van der Waals surface area contributed by atoms with Crippen LogP contribution in [0.25, 0.3) is 11.4 Å². The molecule has 0 saturated carbocycles. The number of carbonyl (C=O) groups excluding carboxylic acids is 2. The van der Waals surface area contributed by atoms with Crippen LogP contribution in [0.1, 0.15) is 23.2 Å². The van der Waals surface area contributed by atoms with E-state index in [4.69, 9.17) is 18.7 Å². The first-order valence-corrected chi connectivity index (χ1v) is 8.42. The summed E-state index contributed by atoms with van der Waals surface area (Å²) in [5, 5.41) is 3.87. The van der Waals surface area contributed by atoms with E-state index in [-0.39, 0.29) is 24.9 Å². The number of Topliss-reactive ketones (excluding diaryl/α,β-unsaturated/α-hetero) is 1. The van der Waals surface area contributed by atoms with Crippen molar-refractivity contribution in [2.75, 3.05) is 13.7 Å². The average Bonchev–Trinajstić information content (AvgIpc) is 3.20. The Labute approximate surface area is 161 Å². The van der Waals surface area contributed by atoms with E-state index in [0.29, 0.717) is 28.5 Å². The molecule has 0 spiro atoms. The van der Waals surface area contributed by atoms with E-state index in [9.17, 15) is 9.59 Å². The molecule has 0 aliphatic heterocycles. The average molecular weight is 382 g/mol. The number of methoxy groups -OCH3 is 1. The molecular formula is C20H18N2O6. The van der Waals surface area contributed by atoms with E-state index in [1.165, 1.54) is 6.92 Å². The number of ether oxygens (including phenoxy) is 3. The molecule has 0 unspecified atom stereocenters. The zero-order valence-corrected chi connectivity index (χ0v) is 15.4. The summed E-state index contributed by atoms with van der Waals surface area (Å²) in [6.45, 7) is 1.02. The van der Waals surface area contributed by atoms with Crippen molar-refractivity contribution in [1.82, 2.24) is 10.1 Å². The third-order valence-electron chi connectivity index (χ3n) is 3.79. The first-order chi connectivity index (χ1) is 13.6. The second-order valence-electron chi connectivity index (χ2n) is 5.74. The molecule has 0 amide bonds. The summed E-state index contributed by atoms with van der Waals surface area (Å²) in [4.78, 5) is 27.3. The van der Waals surface area contributed by atoms with Crippen molar-refractivity contribution in [3.05, 3.63) is 60.0 Å². The molecule has 3 aromatic rings. The van der Waals surface area contributed by atoms with E-state index in [2.05, 4.69) is 10.1 Å². The second kappa shape index (κ2) is 8.81. The number of aromatic nitrogens is 2. The molecule has 2 aromatic carbocycles. The molecule has 0 atom stereocenters. The van der Waals surface area contributed by atoms with Gasteiger partial charge in [-0.3, -0.25) is 4.79 Å². The molecule has 3 rings (SSSR count). The van der Waals surface area contributed by atoms with Crippen molar-refractivity contribution in [1.29, 1.82) is 0 Å². The maximum atomic E-state index is 11.8. The number of ketones is 1. The molecule has 0 aliphatic carbocycles. The number of nitrogens with zero attached hydrogens (tertiary/aromatic N) is 2. The summed E-state index contributed by atoms with van der Waals surface area (Å²) in [6, 6.07) is 13.7. The normalized spacial score (nSPS) is 10.4. The van der Waals surface area contributed by atoms with Gasteiger partial charge >= 0.3 is 5.97 Å². The maximum absolute atomic E-state index is 11.8. The van der Waals surface area contributed by atoms with Crippen LogP contribution in [-0.2, 0) is 16.1 Å². The van der Waals surface area contributed by atoms with Crippen molar-refractivity contribution in [2.24, 2.45) is 0 Å². The highest BCUT2D eigenvalue weighted by molar-refractivity contribution is 5.94. The predicted molar refractivity (Wildman–Crippen MR) is 98.0 cm³/mol. The van der Waals surface area contributed by atoms with Gasteiger partial charge in [0.15, 0.2) is 19.0 Å². The molecule has 8 heteroatoms. The molecule has 0 N–H and O–H groups in total. The van der Waals surface area contributed by atoms with Gasteiger partial charge in [-0.05, 0) is 43.3 Å². The minimum atomic E-state index is -0.590. The van der Waals surface area contributed by atoms with Gasteiger partial charge in [-0.2, -0.15) is 4.98 Å². The second-order valence-corrected chi connectivity index (χ2v) is 5.74. The summed E-state index contributed by atoms with van der Waals surface area (Å²) >= 11 is 0. The number of rotatable bonds is 8. The predicted octanol–water partition coefficient (Wildman–Crippen LogP) is 3.07. The van der Waals surface area contributed by atoms with Crippen molar-refractivity contribution in [2.45, 2.75) is 13.5 Å². The Morgan fingerprint density at radius 3 is 2.54 bits per heavy atom. The monoisotopic (exact) mass is 382 g/mol. The van der Waals surface area contributed by atoms with Crippen LogP contribution in [0, 0.1) is 0 Å². The van der Waals surface area contributed by atoms with Gasteiger partial charge in [0, 0.05) is 5.56 Å². The number of carbonyl (C=O) groups is 2. The zero-order chi connectivity index (χ0) is 19.9. The van der Waals surface area contributed by atoms with Crippen molar-refractivity contribution in [3.8, 4) is 22.9 Å². The van der Waals surface area contributed by atoms with Crippen molar-refractivity contribution >= 4 is 11.8 Å². The van der Waals surface area contributed by atoms with Crippen LogP contribution in [0.2, 0.25) is 0 Å². The third kappa shape index (κ3) is 4.73. The standard InChI is InChI=1S/C20H18N2O6/c1-13(23)14-7-9-15(10-8-14)26-12-19(24)27-11-18-21-20(22-28-18)16-5-3-4-6-17(16)25-2/h3-10H,11-12H2,1-2H3. The van der Waals surface area contributed by atoms with E-state index >= 15 is 0 Å². The minimum absolute atomic E-state index is 0.0435. The highest BCUT2D eigenvalue weighted by atomic mass is 16.6. The van der Waals surface area contributed by atoms with Gasteiger partial charge in [-0.1, -0.05) is 17.3 Å². The van der Waals surface area contributed by atoms with Crippen LogP contribution < -0.4 is 9.47 Å².